The Hall–Kier alpha value is -2.19. The van der Waals surface area contributed by atoms with Crippen molar-refractivity contribution < 1.29 is 0 Å². The molecule has 0 spiro atoms. The Balaban J connectivity index is 2.01. The van der Waals surface area contributed by atoms with E-state index in [0.29, 0.717) is 5.15 Å². The first-order valence-electron chi connectivity index (χ1n) is 7.53. The van der Waals surface area contributed by atoms with Crippen LogP contribution in [0, 0.1) is 0 Å². The van der Waals surface area contributed by atoms with E-state index in [0.717, 1.165) is 36.1 Å². The van der Waals surface area contributed by atoms with Crippen molar-refractivity contribution in [3.63, 3.8) is 0 Å². The van der Waals surface area contributed by atoms with Gasteiger partial charge in [-0.05, 0) is 36.0 Å². The summed E-state index contributed by atoms with van der Waals surface area (Å²) in [6.45, 7) is 0. The molecule has 0 saturated heterocycles. The number of nitrogens with zero attached hydrogens (tertiary/aromatic N) is 2. The Bertz CT molecular complexity index is 828. The minimum atomic E-state index is 0.490. The Kier molecular flexibility index (Phi) is 3.39. The van der Waals surface area contributed by atoms with E-state index >= 15 is 0 Å². The smallest absolute Gasteiger partial charge is 0.149 e. The van der Waals surface area contributed by atoms with Crippen LogP contribution < -0.4 is 0 Å². The van der Waals surface area contributed by atoms with Crippen LogP contribution in [0.4, 0.5) is 0 Å². The molecule has 2 aromatic carbocycles. The van der Waals surface area contributed by atoms with Gasteiger partial charge in [-0.25, -0.2) is 0 Å². The minimum Gasteiger partial charge on any atom is -0.149 e. The van der Waals surface area contributed by atoms with Gasteiger partial charge in [-0.2, -0.15) is 0 Å². The third kappa shape index (κ3) is 2.20. The van der Waals surface area contributed by atoms with Gasteiger partial charge in [-0.15, -0.1) is 10.2 Å². The lowest BCUT2D eigenvalue weighted by molar-refractivity contribution is 0.831. The second kappa shape index (κ2) is 5.54. The first-order chi connectivity index (χ1) is 10.8. The van der Waals surface area contributed by atoms with E-state index in [9.17, 15) is 0 Å². The topological polar surface area (TPSA) is 25.8 Å². The SMILES string of the molecule is Clc1nnc2c(c1-c1ccccc1)CCCc1ccccc1-2. The van der Waals surface area contributed by atoms with Crippen LogP contribution in [-0.2, 0) is 12.8 Å². The van der Waals surface area contributed by atoms with Crippen molar-refractivity contribution in [1.82, 2.24) is 10.2 Å². The highest BCUT2D eigenvalue weighted by Gasteiger charge is 2.21. The van der Waals surface area contributed by atoms with Gasteiger partial charge in [-0.3, -0.25) is 0 Å². The predicted octanol–water partition coefficient (Wildman–Crippen LogP) is 4.95. The molecule has 0 atom stereocenters. The number of aryl methyl sites for hydroxylation is 1. The van der Waals surface area contributed by atoms with E-state index in [2.05, 4.69) is 46.6 Å². The van der Waals surface area contributed by atoms with Gasteiger partial charge in [0.05, 0.1) is 5.69 Å². The van der Waals surface area contributed by atoms with E-state index in [1.165, 1.54) is 16.7 Å². The van der Waals surface area contributed by atoms with Crippen molar-refractivity contribution >= 4 is 11.6 Å². The van der Waals surface area contributed by atoms with Crippen LogP contribution in [0.1, 0.15) is 17.5 Å². The molecule has 1 aliphatic carbocycles. The molecular formula is C19H15ClN2. The van der Waals surface area contributed by atoms with Crippen LogP contribution in [0.2, 0.25) is 5.15 Å². The van der Waals surface area contributed by atoms with Gasteiger partial charge in [0.15, 0.2) is 5.15 Å². The second-order valence-corrected chi connectivity index (χ2v) is 5.93. The summed E-state index contributed by atoms with van der Waals surface area (Å²) in [5.41, 5.74) is 6.88. The molecule has 4 rings (SSSR count). The third-order valence-corrected chi connectivity index (χ3v) is 4.50. The minimum absolute atomic E-state index is 0.490. The standard InChI is InChI=1S/C19H15ClN2/c20-19-17(14-8-2-1-3-9-14)16-12-6-10-13-7-4-5-11-15(13)18(16)21-22-19/h1-5,7-9,11H,6,10,12H2. The summed E-state index contributed by atoms with van der Waals surface area (Å²) in [7, 11) is 0. The van der Waals surface area contributed by atoms with E-state index in [-0.39, 0.29) is 0 Å². The Morgan fingerprint density at radius 1 is 0.818 bits per heavy atom. The molecule has 0 radical (unpaired) electrons. The van der Waals surface area contributed by atoms with Gasteiger partial charge in [0.1, 0.15) is 0 Å². The van der Waals surface area contributed by atoms with Gasteiger partial charge < -0.3 is 0 Å². The van der Waals surface area contributed by atoms with Crippen molar-refractivity contribution in [3.05, 3.63) is 70.9 Å². The average Bonchev–Trinajstić information content (AvgIpc) is 2.75. The summed E-state index contributed by atoms with van der Waals surface area (Å²) < 4.78 is 0. The Labute approximate surface area is 134 Å². The molecule has 108 valence electrons. The van der Waals surface area contributed by atoms with Crippen LogP contribution in [-0.4, -0.2) is 10.2 Å². The number of halogens is 1. The zero-order valence-corrected chi connectivity index (χ0v) is 12.8. The van der Waals surface area contributed by atoms with E-state index in [4.69, 9.17) is 11.6 Å². The summed E-state index contributed by atoms with van der Waals surface area (Å²) in [6.07, 6.45) is 3.15. The number of aromatic nitrogens is 2. The van der Waals surface area contributed by atoms with Crippen LogP contribution >= 0.6 is 11.6 Å². The molecule has 1 aliphatic rings. The van der Waals surface area contributed by atoms with Crippen molar-refractivity contribution in [1.29, 1.82) is 0 Å². The highest BCUT2D eigenvalue weighted by atomic mass is 35.5. The molecule has 0 aliphatic heterocycles. The van der Waals surface area contributed by atoms with Gasteiger partial charge >= 0.3 is 0 Å². The third-order valence-electron chi connectivity index (χ3n) is 4.24. The summed E-state index contributed by atoms with van der Waals surface area (Å²) in [6, 6.07) is 18.7. The first kappa shape index (κ1) is 13.5. The maximum absolute atomic E-state index is 6.40. The van der Waals surface area contributed by atoms with Crippen molar-refractivity contribution in [2.45, 2.75) is 19.3 Å². The normalized spacial score (nSPS) is 13.1. The number of hydrogen-bond acceptors (Lipinski definition) is 2. The number of fused-ring (bicyclic) bond motifs is 3. The maximum Gasteiger partial charge on any atom is 0.159 e. The zero-order valence-electron chi connectivity index (χ0n) is 12.1. The lowest BCUT2D eigenvalue weighted by Crippen LogP contribution is -2.00. The number of rotatable bonds is 1. The predicted molar refractivity (Wildman–Crippen MR) is 89.9 cm³/mol. The average molecular weight is 307 g/mol. The molecule has 1 aromatic heterocycles. The largest absolute Gasteiger partial charge is 0.159 e. The summed E-state index contributed by atoms with van der Waals surface area (Å²) in [5.74, 6) is 0. The van der Waals surface area contributed by atoms with Crippen LogP contribution in [0.15, 0.2) is 54.6 Å². The molecule has 3 aromatic rings. The molecule has 0 fully saturated rings. The van der Waals surface area contributed by atoms with Crippen molar-refractivity contribution in [2.75, 3.05) is 0 Å². The van der Waals surface area contributed by atoms with Crippen LogP contribution in [0.25, 0.3) is 22.4 Å². The highest BCUT2D eigenvalue weighted by Crippen LogP contribution is 2.38. The van der Waals surface area contributed by atoms with Gasteiger partial charge in [0.2, 0.25) is 0 Å². The van der Waals surface area contributed by atoms with E-state index < -0.39 is 0 Å². The summed E-state index contributed by atoms with van der Waals surface area (Å²) in [5, 5.41) is 9.14. The van der Waals surface area contributed by atoms with Gasteiger partial charge in [0.25, 0.3) is 0 Å². The monoisotopic (exact) mass is 306 g/mol. The summed E-state index contributed by atoms with van der Waals surface area (Å²) >= 11 is 6.40. The molecule has 22 heavy (non-hydrogen) atoms. The Morgan fingerprint density at radius 2 is 1.59 bits per heavy atom. The molecular weight excluding hydrogens is 292 g/mol. The lowest BCUT2D eigenvalue weighted by atomic mass is 9.96. The number of hydrogen-bond donors (Lipinski definition) is 0. The molecule has 3 heteroatoms. The summed E-state index contributed by atoms with van der Waals surface area (Å²) in [4.78, 5) is 0. The molecule has 0 saturated carbocycles. The van der Waals surface area contributed by atoms with Crippen molar-refractivity contribution in [2.24, 2.45) is 0 Å². The highest BCUT2D eigenvalue weighted by molar-refractivity contribution is 6.32. The van der Waals surface area contributed by atoms with Gasteiger partial charge in [-0.1, -0.05) is 66.2 Å². The first-order valence-corrected chi connectivity index (χ1v) is 7.91. The molecule has 2 nitrogen and oxygen atoms in total. The van der Waals surface area contributed by atoms with E-state index in [1.807, 2.05) is 18.2 Å². The molecule has 0 unspecified atom stereocenters. The fourth-order valence-electron chi connectivity index (χ4n) is 3.23. The molecule has 1 heterocycles. The maximum atomic E-state index is 6.40. The van der Waals surface area contributed by atoms with Crippen molar-refractivity contribution in [3.8, 4) is 22.4 Å². The fourth-order valence-corrected chi connectivity index (χ4v) is 3.49. The zero-order chi connectivity index (χ0) is 14.9. The van der Waals surface area contributed by atoms with Crippen LogP contribution in [0.5, 0.6) is 0 Å². The van der Waals surface area contributed by atoms with Crippen LogP contribution in [0.3, 0.4) is 0 Å². The number of benzene rings is 2. The molecule has 0 amide bonds. The second-order valence-electron chi connectivity index (χ2n) is 5.57. The molecule has 0 N–H and O–H groups in total. The van der Waals surface area contributed by atoms with E-state index in [1.54, 1.807) is 0 Å². The fraction of sp³-hybridized carbons (Fsp3) is 0.158. The van der Waals surface area contributed by atoms with Gasteiger partial charge in [0, 0.05) is 11.1 Å². The quantitative estimate of drug-likeness (QED) is 0.635. The molecule has 0 bridgehead atoms. The lowest BCUT2D eigenvalue weighted by Gasteiger charge is -2.13. The Morgan fingerprint density at radius 3 is 2.45 bits per heavy atom.